The number of rotatable bonds is 4. The Labute approximate surface area is 95.5 Å². The Morgan fingerprint density at radius 3 is 2.60 bits per heavy atom. The molecule has 1 aromatic carbocycles. The number of hydrogen-bond acceptors (Lipinski definition) is 2. The first-order valence-electron chi connectivity index (χ1n) is 4.42. The van der Waals surface area contributed by atoms with E-state index in [1.165, 1.54) is 7.11 Å². The van der Waals surface area contributed by atoms with Crippen LogP contribution in [0.5, 0.6) is 5.75 Å². The summed E-state index contributed by atoms with van der Waals surface area (Å²) in [6.07, 6.45) is -2.47. The molecule has 0 radical (unpaired) electrons. The molecule has 84 valence electrons. The quantitative estimate of drug-likeness (QED) is 0.920. The van der Waals surface area contributed by atoms with Crippen molar-refractivity contribution < 1.29 is 13.5 Å². The maximum absolute atomic E-state index is 12.7. The minimum Gasteiger partial charge on any atom is -0.496 e. The number of halogens is 3. The first-order valence-corrected chi connectivity index (χ1v) is 5.21. The van der Waals surface area contributed by atoms with Gasteiger partial charge in [-0.1, -0.05) is 12.1 Å². The maximum atomic E-state index is 12.7. The summed E-state index contributed by atoms with van der Waals surface area (Å²) < 4.78 is 30.9. The lowest BCUT2D eigenvalue weighted by atomic mass is 9.99. The molecule has 0 aliphatic rings. The minimum atomic E-state index is -2.47. The summed E-state index contributed by atoms with van der Waals surface area (Å²) >= 11 is 3.24. The van der Waals surface area contributed by atoms with E-state index in [2.05, 4.69) is 15.9 Å². The molecule has 0 aliphatic heterocycles. The van der Waals surface area contributed by atoms with Gasteiger partial charge in [-0.25, -0.2) is 8.78 Å². The molecule has 2 N–H and O–H groups in total. The summed E-state index contributed by atoms with van der Waals surface area (Å²) in [5.41, 5.74) is 5.80. The van der Waals surface area contributed by atoms with Gasteiger partial charge in [0, 0.05) is 6.54 Å². The third-order valence-corrected chi connectivity index (χ3v) is 3.02. The highest BCUT2D eigenvalue weighted by Crippen LogP contribution is 2.35. The predicted octanol–water partition coefficient (Wildman–Crippen LogP) is 2.77. The Balaban J connectivity index is 3.12. The number of benzene rings is 1. The zero-order valence-electron chi connectivity index (χ0n) is 8.21. The second-order valence-corrected chi connectivity index (χ2v) is 3.83. The molecule has 0 aromatic heterocycles. The SMILES string of the molecule is COc1cccc(C(CN)C(F)F)c1Br. The monoisotopic (exact) mass is 279 g/mol. The Morgan fingerprint density at radius 2 is 2.13 bits per heavy atom. The van der Waals surface area contributed by atoms with Gasteiger partial charge in [-0.3, -0.25) is 0 Å². The fourth-order valence-electron chi connectivity index (χ4n) is 1.34. The van der Waals surface area contributed by atoms with Gasteiger partial charge in [-0.05, 0) is 27.6 Å². The Hall–Kier alpha value is -0.680. The Morgan fingerprint density at radius 1 is 1.47 bits per heavy atom. The van der Waals surface area contributed by atoms with Crippen LogP contribution in [0.2, 0.25) is 0 Å². The summed E-state index contributed by atoms with van der Waals surface area (Å²) in [7, 11) is 1.49. The number of alkyl halides is 2. The zero-order valence-corrected chi connectivity index (χ0v) is 9.80. The van der Waals surface area contributed by atoms with Crippen molar-refractivity contribution in [3.05, 3.63) is 28.2 Å². The lowest BCUT2D eigenvalue weighted by Gasteiger charge is -2.17. The van der Waals surface area contributed by atoms with Crippen LogP contribution in [0, 0.1) is 0 Å². The van der Waals surface area contributed by atoms with Crippen LogP contribution < -0.4 is 10.5 Å². The van der Waals surface area contributed by atoms with E-state index in [1.807, 2.05) is 0 Å². The van der Waals surface area contributed by atoms with Crippen LogP contribution in [0.4, 0.5) is 8.78 Å². The lowest BCUT2D eigenvalue weighted by Crippen LogP contribution is -2.20. The summed E-state index contributed by atoms with van der Waals surface area (Å²) in [6.45, 7) is -0.0938. The van der Waals surface area contributed by atoms with E-state index in [0.717, 1.165) is 0 Å². The van der Waals surface area contributed by atoms with Crippen molar-refractivity contribution in [1.29, 1.82) is 0 Å². The Kier molecular flexibility index (Phi) is 4.47. The van der Waals surface area contributed by atoms with Crippen molar-refractivity contribution in [1.82, 2.24) is 0 Å². The van der Waals surface area contributed by atoms with Gasteiger partial charge < -0.3 is 10.5 Å². The molecule has 0 amide bonds. The lowest BCUT2D eigenvalue weighted by molar-refractivity contribution is 0.116. The minimum absolute atomic E-state index is 0.0938. The average molecular weight is 280 g/mol. The normalized spacial score (nSPS) is 12.9. The van der Waals surface area contributed by atoms with Crippen molar-refractivity contribution in [2.24, 2.45) is 5.73 Å². The van der Waals surface area contributed by atoms with Gasteiger partial charge in [0.25, 0.3) is 0 Å². The molecule has 1 atom stereocenters. The van der Waals surface area contributed by atoms with Crippen LogP contribution >= 0.6 is 15.9 Å². The molecular formula is C10H12BrF2NO. The first kappa shape index (κ1) is 12.4. The van der Waals surface area contributed by atoms with Crippen molar-refractivity contribution in [3.63, 3.8) is 0 Å². The standard InChI is InChI=1S/C10H12BrF2NO/c1-15-8-4-2-3-6(9(8)11)7(5-14)10(12)13/h2-4,7,10H,5,14H2,1H3. The van der Waals surface area contributed by atoms with Gasteiger partial charge in [0.15, 0.2) is 0 Å². The van der Waals surface area contributed by atoms with E-state index < -0.39 is 12.3 Å². The van der Waals surface area contributed by atoms with E-state index in [1.54, 1.807) is 18.2 Å². The molecule has 2 nitrogen and oxygen atoms in total. The molecule has 0 heterocycles. The third-order valence-electron chi connectivity index (χ3n) is 2.17. The summed E-state index contributed by atoms with van der Waals surface area (Å²) in [6, 6.07) is 4.99. The maximum Gasteiger partial charge on any atom is 0.246 e. The second kappa shape index (κ2) is 5.42. The number of ether oxygens (including phenoxy) is 1. The highest BCUT2D eigenvalue weighted by molar-refractivity contribution is 9.10. The van der Waals surface area contributed by atoms with Crippen LogP contribution in [0.3, 0.4) is 0 Å². The van der Waals surface area contributed by atoms with Crippen LogP contribution in [0.25, 0.3) is 0 Å². The summed E-state index contributed by atoms with van der Waals surface area (Å²) in [5, 5.41) is 0. The van der Waals surface area contributed by atoms with Gasteiger partial charge in [0.2, 0.25) is 6.43 Å². The van der Waals surface area contributed by atoms with Crippen molar-refractivity contribution >= 4 is 15.9 Å². The van der Waals surface area contributed by atoms with Crippen molar-refractivity contribution in [2.75, 3.05) is 13.7 Å². The van der Waals surface area contributed by atoms with Crippen molar-refractivity contribution in [2.45, 2.75) is 12.3 Å². The summed E-state index contributed by atoms with van der Waals surface area (Å²) in [5.74, 6) is -0.430. The van der Waals surface area contributed by atoms with E-state index in [4.69, 9.17) is 10.5 Å². The molecule has 1 aromatic rings. The van der Waals surface area contributed by atoms with Gasteiger partial charge in [0.1, 0.15) is 5.75 Å². The highest BCUT2D eigenvalue weighted by atomic mass is 79.9. The fourth-order valence-corrected chi connectivity index (χ4v) is 2.06. The van der Waals surface area contributed by atoms with E-state index in [0.29, 0.717) is 15.8 Å². The molecule has 1 unspecified atom stereocenters. The highest BCUT2D eigenvalue weighted by Gasteiger charge is 2.24. The van der Waals surface area contributed by atoms with Crippen molar-refractivity contribution in [3.8, 4) is 5.75 Å². The molecule has 0 spiro atoms. The molecule has 1 rings (SSSR count). The van der Waals surface area contributed by atoms with Gasteiger partial charge >= 0.3 is 0 Å². The predicted molar refractivity (Wildman–Crippen MR) is 58.5 cm³/mol. The Bertz CT molecular complexity index is 333. The number of nitrogens with two attached hydrogens (primary N) is 1. The average Bonchev–Trinajstić information content (AvgIpc) is 2.21. The van der Waals surface area contributed by atoms with Crippen LogP contribution in [0.1, 0.15) is 11.5 Å². The van der Waals surface area contributed by atoms with Gasteiger partial charge in [-0.15, -0.1) is 0 Å². The molecule has 15 heavy (non-hydrogen) atoms. The topological polar surface area (TPSA) is 35.2 Å². The number of methoxy groups -OCH3 is 1. The number of hydrogen-bond donors (Lipinski definition) is 1. The van der Waals surface area contributed by atoms with Gasteiger partial charge in [-0.2, -0.15) is 0 Å². The second-order valence-electron chi connectivity index (χ2n) is 3.04. The third kappa shape index (κ3) is 2.66. The van der Waals surface area contributed by atoms with Gasteiger partial charge in [0.05, 0.1) is 17.5 Å². The molecule has 0 saturated carbocycles. The van der Waals surface area contributed by atoms with E-state index in [-0.39, 0.29) is 6.54 Å². The smallest absolute Gasteiger partial charge is 0.246 e. The van der Waals surface area contributed by atoms with E-state index >= 15 is 0 Å². The van der Waals surface area contributed by atoms with Crippen LogP contribution in [-0.2, 0) is 0 Å². The summed E-state index contributed by atoms with van der Waals surface area (Å²) in [4.78, 5) is 0. The largest absolute Gasteiger partial charge is 0.496 e. The molecule has 5 heteroatoms. The molecule has 0 saturated heterocycles. The molecule has 0 bridgehead atoms. The van der Waals surface area contributed by atoms with E-state index in [9.17, 15) is 8.78 Å². The molecule has 0 fully saturated rings. The first-order chi connectivity index (χ1) is 7.11. The zero-order chi connectivity index (χ0) is 11.4. The molecule has 0 aliphatic carbocycles. The fraction of sp³-hybridized carbons (Fsp3) is 0.400. The van der Waals surface area contributed by atoms with Crippen LogP contribution in [-0.4, -0.2) is 20.1 Å². The molecular weight excluding hydrogens is 268 g/mol. The van der Waals surface area contributed by atoms with Crippen LogP contribution in [0.15, 0.2) is 22.7 Å².